The summed E-state index contributed by atoms with van der Waals surface area (Å²) in [6, 6.07) is 31.7. The van der Waals surface area contributed by atoms with E-state index in [0.717, 1.165) is 0 Å². The van der Waals surface area contributed by atoms with E-state index in [4.69, 9.17) is 0 Å². The molecule has 0 amide bonds. The average Bonchev–Trinajstić information content (AvgIpc) is 3.21. The first kappa shape index (κ1) is 38.3. The van der Waals surface area contributed by atoms with E-state index in [9.17, 15) is 0 Å². The molecule has 248 valence electrons. The molecule has 0 spiro atoms. The molecule has 0 aliphatic rings. The summed E-state index contributed by atoms with van der Waals surface area (Å²) in [5.74, 6) is 0. The molecule has 0 atom stereocenters. The van der Waals surface area contributed by atoms with Crippen LogP contribution in [0.2, 0.25) is 0 Å². The Morgan fingerprint density at radius 2 is 0.240 bits per heavy atom. The molecule has 0 unspecified atom stereocenters. The SMILES string of the molecule is S.S.c1cc(-c2ccncc2)ccn1.c1cc(-c2ccncc2)ccn1.c1cc(-c2ccncc2)ccn1.c1cc(-c2ccncc2)ccn1. The molecular weight excluding hydrogens is 657 g/mol. The highest BCUT2D eigenvalue weighted by Crippen LogP contribution is 2.18. The topological polar surface area (TPSA) is 103 Å². The van der Waals surface area contributed by atoms with Crippen LogP contribution in [0.5, 0.6) is 0 Å². The van der Waals surface area contributed by atoms with Gasteiger partial charge in [-0.2, -0.15) is 27.0 Å². The van der Waals surface area contributed by atoms with Gasteiger partial charge in [0.2, 0.25) is 0 Å². The molecule has 0 aliphatic carbocycles. The smallest absolute Gasteiger partial charge is 0.0273 e. The van der Waals surface area contributed by atoms with Gasteiger partial charge in [0.1, 0.15) is 0 Å². The predicted octanol–water partition coefficient (Wildman–Crippen LogP) is 8.80. The first-order valence-electron chi connectivity index (χ1n) is 15.1. The Bertz CT molecular complexity index is 1530. The van der Waals surface area contributed by atoms with Crippen molar-refractivity contribution in [1.82, 2.24) is 39.9 Å². The van der Waals surface area contributed by atoms with Crippen LogP contribution in [-0.2, 0) is 0 Å². The minimum Gasteiger partial charge on any atom is -0.265 e. The van der Waals surface area contributed by atoms with Crippen molar-refractivity contribution < 1.29 is 0 Å². The van der Waals surface area contributed by atoms with Gasteiger partial charge in [-0.1, -0.05) is 0 Å². The van der Waals surface area contributed by atoms with Gasteiger partial charge >= 0.3 is 0 Å². The zero-order valence-corrected chi connectivity index (χ0v) is 29.1. The quantitative estimate of drug-likeness (QED) is 0.180. The molecule has 0 fully saturated rings. The summed E-state index contributed by atoms with van der Waals surface area (Å²) in [6.07, 6.45) is 28.6. The van der Waals surface area contributed by atoms with Crippen LogP contribution in [0, 0.1) is 0 Å². The first-order chi connectivity index (χ1) is 23.9. The van der Waals surface area contributed by atoms with Gasteiger partial charge in [-0.15, -0.1) is 0 Å². The van der Waals surface area contributed by atoms with E-state index in [1.54, 1.807) is 99.1 Å². The Balaban J connectivity index is 0.000000178. The van der Waals surface area contributed by atoms with Gasteiger partial charge in [-0.3, -0.25) is 39.9 Å². The number of hydrogen-bond donors (Lipinski definition) is 0. The lowest BCUT2D eigenvalue weighted by Crippen LogP contribution is -1.77. The molecule has 8 rings (SSSR count). The molecule has 8 aromatic rings. The molecule has 0 saturated heterocycles. The van der Waals surface area contributed by atoms with Crippen LogP contribution in [0.15, 0.2) is 196 Å². The van der Waals surface area contributed by atoms with E-state index in [0.29, 0.717) is 0 Å². The molecule has 0 radical (unpaired) electrons. The zero-order chi connectivity index (χ0) is 32.9. The van der Waals surface area contributed by atoms with E-state index in [2.05, 4.69) is 39.9 Å². The molecule has 0 aliphatic heterocycles. The number of nitrogens with zero attached hydrogens (tertiary/aromatic N) is 8. The lowest BCUT2D eigenvalue weighted by Gasteiger charge is -1.97. The van der Waals surface area contributed by atoms with Crippen LogP contribution in [0.4, 0.5) is 0 Å². The number of hydrogen-bond acceptors (Lipinski definition) is 8. The van der Waals surface area contributed by atoms with Crippen molar-refractivity contribution in [2.75, 3.05) is 0 Å². The zero-order valence-electron chi connectivity index (χ0n) is 27.1. The maximum Gasteiger partial charge on any atom is 0.0273 e. The van der Waals surface area contributed by atoms with E-state index in [1.165, 1.54) is 44.5 Å². The van der Waals surface area contributed by atoms with Gasteiger partial charge in [0.25, 0.3) is 0 Å². The molecule has 0 saturated carbocycles. The third-order valence-corrected chi connectivity index (χ3v) is 6.78. The van der Waals surface area contributed by atoms with E-state index >= 15 is 0 Å². The van der Waals surface area contributed by atoms with Crippen LogP contribution in [-0.4, -0.2) is 39.9 Å². The van der Waals surface area contributed by atoms with Crippen LogP contribution in [0.1, 0.15) is 0 Å². The van der Waals surface area contributed by atoms with Crippen molar-refractivity contribution >= 4 is 27.0 Å². The lowest BCUT2D eigenvalue weighted by atomic mass is 10.1. The summed E-state index contributed by atoms with van der Waals surface area (Å²) in [4.78, 5) is 31.6. The molecule has 10 heteroatoms. The number of pyridine rings is 8. The van der Waals surface area contributed by atoms with Crippen LogP contribution < -0.4 is 0 Å². The summed E-state index contributed by atoms with van der Waals surface area (Å²) in [7, 11) is 0. The fourth-order valence-electron chi connectivity index (χ4n) is 4.35. The van der Waals surface area contributed by atoms with Crippen molar-refractivity contribution in [3.63, 3.8) is 0 Å². The summed E-state index contributed by atoms with van der Waals surface area (Å²) in [5.41, 5.74) is 9.39. The van der Waals surface area contributed by atoms with Gasteiger partial charge in [0, 0.05) is 99.1 Å². The van der Waals surface area contributed by atoms with Gasteiger partial charge in [-0.05, 0) is 142 Å². The summed E-state index contributed by atoms with van der Waals surface area (Å²) in [5, 5.41) is 0. The Hall–Kier alpha value is -6.10. The molecule has 8 nitrogen and oxygen atoms in total. The second kappa shape index (κ2) is 22.5. The molecule has 0 bridgehead atoms. The summed E-state index contributed by atoms with van der Waals surface area (Å²) >= 11 is 0. The fourth-order valence-corrected chi connectivity index (χ4v) is 4.35. The Kier molecular flexibility index (Phi) is 17.2. The van der Waals surface area contributed by atoms with Crippen molar-refractivity contribution in [2.45, 2.75) is 0 Å². The molecule has 8 heterocycles. The molecular formula is C40H36N8S2. The van der Waals surface area contributed by atoms with Gasteiger partial charge in [-0.25, -0.2) is 0 Å². The molecule has 50 heavy (non-hydrogen) atoms. The largest absolute Gasteiger partial charge is 0.265 e. The van der Waals surface area contributed by atoms with Crippen molar-refractivity contribution in [1.29, 1.82) is 0 Å². The molecule has 0 aromatic carbocycles. The Labute approximate surface area is 306 Å². The molecule has 0 N–H and O–H groups in total. The maximum atomic E-state index is 3.96. The van der Waals surface area contributed by atoms with Crippen molar-refractivity contribution in [2.24, 2.45) is 0 Å². The van der Waals surface area contributed by atoms with Gasteiger partial charge in [0.05, 0.1) is 0 Å². The first-order valence-corrected chi connectivity index (χ1v) is 15.1. The minimum absolute atomic E-state index is 0. The van der Waals surface area contributed by atoms with Gasteiger partial charge < -0.3 is 0 Å². The van der Waals surface area contributed by atoms with Crippen LogP contribution >= 0.6 is 27.0 Å². The van der Waals surface area contributed by atoms with Crippen LogP contribution in [0.25, 0.3) is 44.5 Å². The standard InChI is InChI=1S/4C10H8N2.2H2S/c4*1-5-11-6-2-9(1)10-3-7-12-8-4-10;;/h4*1-8H;2*1H2. The maximum absolute atomic E-state index is 3.96. The second-order valence-electron chi connectivity index (χ2n) is 9.89. The summed E-state index contributed by atoms with van der Waals surface area (Å²) < 4.78 is 0. The highest BCUT2D eigenvalue weighted by atomic mass is 32.1. The minimum atomic E-state index is 0. The third-order valence-electron chi connectivity index (χ3n) is 6.78. The fraction of sp³-hybridized carbons (Fsp3) is 0. The second-order valence-corrected chi connectivity index (χ2v) is 9.89. The average molecular weight is 693 g/mol. The lowest BCUT2D eigenvalue weighted by molar-refractivity contribution is 1.31. The van der Waals surface area contributed by atoms with E-state index in [1.807, 2.05) is 97.1 Å². The Morgan fingerprint density at radius 3 is 0.320 bits per heavy atom. The van der Waals surface area contributed by atoms with E-state index in [-0.39, 0.29) is 27.0 Å². The summed E-state index contributed by atoms with van der Waals surface area (Å²) in [6.45, 7) is 0. The third kappa shape index (κ3) is 12.8. The molecule has 8 aromatic heterocycles. The highest BCUT2D eigenvalue weighted by Gasteiger charge is 1.95. The van der Waals surface area contributed by atoms with Crippen molar-refractivity contribution in [3.8, 4) is 44.5 Å². The Morgan fingerprint density at radius 1 is 0.160 bits per heavy atom. The van der Waals surface area contributed by atoms with E-state index < -0.39 is 0 Å². The van der Waals surface area contributed by atoms with Gasteiger partial charge in [0.15, 0.2) is 0 Å². The monoisotopic (exact) mass is 692 g/mol. The predicted molar refractivity (Wildman–Crippen MR) is 211 cm³/mol. The highest BCUT2D eigenvalue weighted by molar-refractivity contribution is 7.59. The number of rotatable bonds is 4. The number of aromatic nitrogens is 8. The van der Waals surface area contributed by atoms with Crippen molar-refractivity contribution in [3.05, 3.63) is 196 Å². The normalized spacial score (nSPS) is 9.28. The van der Waals surface area contributed by atoms with Crippen LogP contribution in [0.3, 0.4) is 0 Å².